The molecule has 3 heterocycles. The van der Waals surface area contributed by atoms with Crippen LogP contribution in [0.2, 0.25) is 0 Å². The quantitative estimate of drug-likeness (QED) is 0.173. The molecular formula is C50H33N5. The van der Waals surface area contributed by atoms with Crippen molar-refractivity contribution in [3.8, 4) is 51.0 Å². The maximum Gasteiger partial charge on any atom is 0.145 e. The standard InChI is InChI=1S/C50H33N5/c1-3-15-35(16-4-1)49-51-43-21-9-13-25-47(43)54(49)38-29-27-34(28-30-38)37-31-39(53-45-23-11-7-19-41(45)42-20-8-12-24-46(42)53)33-40(32-37)55-48-26-14-10-22-44(48)52-50(55)36-17-5-2-6-18-36/h1-33H. The molecule has 258 valence electrons. The van der Waals surface area contributed by atoms with Gasteiger partial charge in [0.1, 0.15) is 11.6 Å². The summed E-state index contributed by atoms with van der Waals surface area (Å²) in [4.78, 5) is 10.3. The van der Waals surface area contributed by atoms with E-state index in [0.717, 1.165) is 73.0 Å². The Morgan fingerprint density at radius 1 is 0.273 bits per heavy atom. The van der Waals surface area contributed by atoms with Crippen LogP contribution in [0, 0.1) is 0 Å². The van der Waals surface area contributed by atoms with Crippen LogP contribution in [0.4, 0.5) is 0 Å². The van der Waals surface area contributed by atoms with E-state index in [1.165, 1.54) is 21.8 Å². The molecule has 0 spiro atoms. The molecule has 5 heteroatoms. The molecule has 0 aliphatic heterocycles. The van der Waals surface area contributed by atoms with E-state index < -0.39 is 0 Å². The Morgan fingerprint density at radius 3 is 1.22 bits per heavy atom. The Bertz CT molecular complexity index is 3130. The molecule has 0 bridgehead atoms. The van der Waals surface area contributed by atoms with Gasteiger partial charge in [-0.2, -0.15) is 0 Å². The molecule has 55 heavy (non-hydrogen) atoms. The van der Waals surface area contributed by atoms with E-state index >= 15 is 0 Å². The number of hydrogen-bond acceptors (Lipinski definition) is 2. The lowest BCUT2D eigenvalue weighted by Gasteiger charge is -2.17. The topological polar surface area (TPSA) is 40.6 Å². The minimum atomic E-state index is 0.905. The summed E-state index contributed by atoms with van der Waals surface area (Å²) in [6, 6.07) is 70.9. The molecule has 8 aromatic carbocycles. The van der Waals surface area contributed by atoms with Crippen LogP contribution in [0.5, 0.6) is 0 Å². The average molecular weight is 704 g/mol. The van der Waals surface area contributed by atoms with E-state index in [9.17, 15) is 0 Å². The predicted octanol–water partition coefficient (Wildman–Crippen LogP) is 12.5. The summed E-state index contributed by atoms with van der Waals surface area (Å²) in [5.41, 5.74) is 13.9. The van der Waals surface area contributed by atoms with E-state index in [0.29, 0.717) is 0 Å². The Balaban J connectivity index is 1.15. The molecule has 0 saturated carbocycles. The van der Waals surface area contributed by atoms with Gasteiger partial charge >= 0.3 is 0 Å². The molecule has 0 N–H and O–H groups in total. The number of benzene rings is 8. The van der Waals surface area contributed by atoms with Crippen molar-refractivity contribution in [2.45, 2.75) is 0 Å². The predicted molar refractivity (Wildman–Crippen MR) is 226 cm³/mol. The van der Waals surface area contributed by atoms with Crippen molar-refractivity contribution in [3.63, 3.8) is 0 Å². The van der Waals surface area contributed by atoms with Gasteiger partial charge < -0.3 is 4.57 Å². The number of aromatic nitrogens is 5. The fourth-order valence-corrected chi connectivity index (χ4v) is 8.16. The van der Waals surface area contributed by atoms with Crippen LogP contribution in [0.3, 0.4) is 0 Å². The summed E-state index contributed by atoms with van der Waals surface area (Å²) in [6.45, 7) is 0. The third kappa shape index (κ3) is 5.09. The van der Waals surface area contributed by atoms with Crippen LogP contribution in [0.25, 0.3) is 94.8 Å². The highest BCUT2D eigenvalue weighted by molar-refractivity contribution is 6.09. The zero-order valence-electron chi connectivity index (χ0n) is 29.8. The molecule has 0 unspecified atom stereocenters. The lowest BCUT2D eigenvalue weighted by molar-refractivity contribution is 1.09. The van der Waals surface area contributed by atoms with Crippen molar-refractivity contribution in [2.75, 3.05) is 0 Å². The summed E-state index contributed by atoms with van der Waals surface area (Å²) in [7, 11) is 0. The lowest BCUT2D eigenvalue weighted by Crippen LogP contribution is -2.02. The van der Waals surface area contributed by atoms with Gasteiger partial charge in [0.2, 0.25) is 0 Å². The van der Waals surface area contributed by atoms with Crippen LogP contribution in [0.1, 0.15) is 0 Å². The van der Waals surface area contributed by atoms with Crippen molar-refractivity contribution >= 4 is 43.9 Å². The fraction of sp³-hybridized carbons (Fsp3) is 0. The van der Waals surface area contributed by atoms with Crippen molar-refractivity contribution in [1.82, 2.24) is 23.7 Å². The molecule has 11 rings (SSSR count). The minimum Gasteiger partial charge on any atom is -0.309 e. The highest BCUT2D eigenvalue weighted by Crippen LogP contribution is 2.37. The largest absolute Gasteiger partial charge is 0.309 e. The van der Waals surface area contributed by atoms with Crippen molar-refractivity contribution in [2.24, 2.45) is 0 Å². The maximum atomic E-state index is 5.20. The number of imidazole rings is 2. The lowest BCUT2D eigenvalue weighted by atomic mass is 10.0. The first-order valence-corrected chi connectivity index (χ1v) is 18.6. The van der Waals surface area contributed by atoms with E-state index in [-0.39, 0.29) is 0 Å². The number of nitrogens with zero attached hydrogens (tertiary/aromatic N) is 5. The Morgan fingerprint density at radius 2 is 0.691 bits per heavy atom. The van der Waals surface area contributed by atoms with Crippen molar-refractivity contribution in [3.05, 3.63) is 200 Å². The van der Waals surface area contributed by atoms with Gasteiger partial charge in [0.15, 0.2) is 0 Å². The highest BCUT2D eigenvalue weighted by atomic mass is 15.1. The minimum absolute atomic E-state index is 0.905. The van der Waals surface area contributed by atoms with Crippen molar-refractivity contribution in [1.29, 1.82) is 0 Å². The number of para-hydroxylation sites is 6. The zero-order chi connectivity index (χ0) is 36.3. The first kappa shape index (κ1) is 31.1. The van der Waals surface area contributed by atoms with E-state index in [1.54, 1.807) is 0 Å². The summed E-state index contributed by atoms with van der Waals surface area (Å²) in [6.07, 6.45) is 0. The molecule has 0 saturated heterocycles. The third-order valence-electron chi connectivity index (χ3n) is 10.6. The molecule has 0 aliphatic rings. The number of rotatable bonds is 6. The summed E-state index contributed by atoms with van der Waals surface area (Å²) < 4.78 is 6.97. The van der Waals surface area contributed by atoms with E-state index in [1.807, 2.05) is 12.1 Å². The SMILES string of the molecule is c1ccc(-c2nc3ccccc3n2-c2ccc(-c3cc(-n4c(-c5ccccc5)nc5ccccc54)cc(-n4c5ccccc5c5ccccc54)c3)cc2)cc1. The molecular weight excluding hydrogens is 671 g/mol. The van der Waals surface area contributed by atoms with Crippen LogP contribution in [-0.4, -0.2) is 23.7 Å². The third-order valence-corrected chi connectivity index (χ3v) is 10.6. The molecule has 0 aliphatic carbocycles. The zero-order valence-corrected chi connectivity index (χ0v) is 29.8. The highest BCUT2D eigenvalue weighted by Gasteiger charge is 2.19. The molecule has 3 aromatic heterocycles. The second kappa shape index (κ2) is 12.6. The van der Waals surface area contributed by atoms with Gasteiger partial charge in [-0.25, -0.2) is 9.97 Å². The van der Waals surface area contributed by atoms with E-state index in [2.05, 4.69) is 202 Å². The molecule has 0 atom stereocenters. The van der Waals surface area contributed by atoms with Crippen LogP contribution in [0.15, 0.2) is 200 Å². The van der Waals surface area contributed by atoms with Gasteiger partial charge in [-0.05, 0) is 77.9 Å². The van der Waals surface area contributed by atoms with Gasteiger partial charge in [-0.1, -0.05) is 133 Å². The summed E-state index contributed by atoms with van der Waals surface area (Å²) >= 11 is 0. The summed E-state index contributed by atoms with van der Waals surface area (Å²) in [5, 5.41) is 2.46. The first-order valence-electron chi connectivity index (χ1n) is 18.6. The Labute approximate surface area is 317 Å². The van der Waals surface area contributed by atoms with Gasteiger partial charge in [0, 0.05) is 33.3 Å². The Kier molecular flexibility index (Phi) is 7.10. The first-order chi connectivity index (χ1) is 27.3. The number of fused-ring (bicyclic) bond motifs is 5. The molecule has 0 radical (unpaired) electrons. The fourth-order valence-electron chi connectivity index (χ4n) is 8.16. The summed E-state index contributed by atoms with van der Waals surface area (Å²) in [5.74, 6) is 1.83. The van der Waals surface area contributed by atoms with Gasteiger partial charge in [-0.15, -0.1) is 0 Å². The van der Waals surface area contributed by atoms with E-state index in [4.69, 9.17) is 9.97 Å². The normalized spacial score (nSPS) is 11.6. The monoisotopic (exact) mass is 703 g/mol. The van der Waals surface area contributed by atoms with Gasteiger partial charge in [0.25, 0.3) is 0 Å². The van der Waals surface area contributed by atoms with Crippen LogP contribution >= 0.6 is 0 Å². The Hall–Kier alpha value is -7.50. The average Bonchev–Trinajstić information content (AvgIpc) is 3.95. The van der Waals surface area contributed by atoms with Crippen LogP contribution < -0.4 is 0 Å². The maximum absolute atomic E-state index is 5.20. The van der Waals surface area contributed by atoms with Gasteiger partial charge in [-0.3, -0.25) is 9.13 Å². The number of hydrogen-bond donors (Lipinski definition) is 0. The molecule has 11 aromatic rings. The van der Waals surface area contributed by atoms with Crippen LogP contribution in [-0.2, 0) is 0 Å². The van der Waals surface area contributed by atoms with Crippen molar-refractivity contribution < 1.29 is 0 Å². The smallest absolute Gasteiger partial charge is 0.145 e. The molecule has 5 nitrogen and oxygen atoms in total. The second-order valence-electron chi connectivity index (χ2n) is 13.9. The van der Waals surface area contributed by atoms with Gasteiger partial charge in [0.05, 0.1) is 38.8 Å². The second-order valence-corrected chi connectivity index (χ2v) is 13.9. The molecule has 0 fully saturated rings. The molecule has 0 amide bonds.